The Hall–Kier alpha value is -1.19. The normalized spacial score (nSPS) is 12.4. The zero-order valence-corrected chi connectivity index (χ0v) is 11.2. The lowest BCUT2D eigenvalue weighted by molar-refractivity contribution is 0.498. The van der Waals surface area contributed by atoms with Crippen LogP contribution in [0.15, 0.2) is 34.9 Å². The lowest BCUT2D eigenvalue weighted by Crippen LogP contribution is -2.18. The second-order valence-electron chi connectivity index (χ2n) is 4.07. The summed E-state index contributed by atoms with van der Waals surface area (Å²) in [6, 6.07) is 6.26. The maximum Gasteiger partial charge on any atom is 0.126 e. The second-order valence-corrected chi connectivity index (χ2v) is 4.89. The molecule has 2 rings (SSSR count). The molecular weight excluding hydrogens is 276 g/mol. The van der Waals surface area contributed by atoms with E-state index in [-0.39, 0.29) is 16.1 Å². The van der Waals surface area contributed by atoms with Gasteiger partial charge >= 0.3 is 0 Å². The number of furan rings is 1. The van der Waals surface area contributed by atoms with E-state index >= 15 is 0 Å². The molecule has 1 atom stereocenters. The van der Waals surface area contributed by atoms with Crippen LogP contribution in [0.4, 0.5) is 10.1 Å². The highest BCUT2D eigenvalue weighted by molar-refractivity contribution is 6.39. The average molecular weight is 288 g/mol. The van der Waals surface area contributed by atoms with Gasteiger partial charge in [0.15, 0.2) is 0 Å². The first-order valence-corrected chi connectivity index (χ1v) is 6.25. The number of nitrogens with one attached hydrogen (secondary N) is 1. The van der Waals surface area contributed by atoms with Gasteiger partial charge in [0, 0.05) is 12.5 Å². The molecule has 0 saturated heterocycles. The fourth-order valence-corrected chi connectivity index (χ4v) is 2.28. The third-order valence-corrected chi connectivity index (χ3v) is 3.08. The molecule has 0 aliphatic rings. The highest BCUT2D eigenvalue weighted by Gasteiger charge is 2.12. The summed E-state index contributed by atoms with van der Waals surface area (Å²) in [5.41, 5.74) is 0.541. The zero-order valence-electron chi connectivity index (χ0n) is 9.71. The predicted octanol–water partition coefficient (Wildman–Crippen LogP) is 4.77. The fraction of sp³-hybridized carbons (Fsp3) is 0.231. The quantitative estimate of drug-likeness (QED) is 0.876. The van der Waals surface area contributed by atoms with Crippen LogP contribution in [0.2, 0.25) is 10.0 Å². The minimum Gasteiger partial charge on any atom is -0.469 e. The molecule has 2 nitrogen and oxygen atoms in total. The first kappa shape index (κ1) is 13.2. The third kappa shape index (κ3) is 3.18. The number of halogens is 3. The first-order valence-electron chi connectivity index (χ1n) is 5.49. The standard InChI is InChI=1S/C13H12Cl2FNO/c1-8(5-10-3-2-4-18-10)17-13-11(14)6-9(16)7-12(13)15/h2-4,6-8,17H,5H2,1H3. The van der Waals surface area contributed by atoms with Gasteiger partial charge in [0.25, 0.3) is 0 Å². The van der Waals surface area contributed by atoms with Crippen molar-refractivity contribution in [2.75, 3.05) is 5.32 Å². The summed E-state index contributed by atoms with van der Waals surface area (Å²) >= 11 is 11.9. The minimum atomic E-state index is -0.450. The number of hydrogen-bond acceptors (Lipinski definition) is 2. The van der Waals surface area contributed by atoms with Gasteiger partial charge in [0.2, 0.25) is 0 Å². The Balaban J connectivity index is 2.09. The van der Waals surface area contributed by atoms with Crippen molar-refractivity contribution in [1.82, 2.24) is 0 Å². The summed E-state index contributed by atoms with van der Waals surface area (Å²) in [6.45, 7) is 1.97. The molecule has 1 heterocycles. The van der Waals surface area contributed by atoms with Crippen molar-refractivity contribution in [2.24, 2.45) is 0 Å². The van der Waals surface area contributed by atoms with Crippen molar-refractivity contribution < 1.29 is 8.81 Å². The first-order chi connectivity index (χ1) is 8.56. The van der Waals surface area contributed by atoms with E-state index in [0.29, 0.717) is 12.1 Å². The molecule has 1 N–H and O–H groups in total. The van der Waals surface area contributed by atoms with Gasteiger partial charge in [-0.25, -0.2) is 4.39 Å². The topological polar surface area (TPSA) is 25.2 Å². The molecule has 0 spiro atoms. The van der Waals surface area contributed by atoms with Crippen LogP contribution in [-0.2, 0) is 6.42 Å². The van der Waals surface area contributed by atoms with Gasteiger partial charge in [-0.15, -0.1) is 0 Å². The van der Waals surface area contributed by atoms with Gasteiger partial charge in [0.1, 0.15) is 11.6 Å². The molecule has 1 aromatic heterocycles. The molecule has 0 bridgehead atoms. The van der Waals surface area contributed by atoms with Crippen LogP contribution in [0.25, 0.3) is 0 Å². The van der Waals surface area contributed by atoms with Crippen LogP contribution in [0, 0.1) is 5.82 Å². The lowest BCUT2D eigenvalue weighted by atomic mass is 10.2. The Bertz CT molecular complexity index is 505. The van der Waals surface area contributed by atoms with Gasteiger partial charge in [-0.05, 0) is 31.2 Å². The molecule has 0 fully saturated rings. The molecule has 5 heteroatoms. The maximum atomic E-state index is 13.0. The summed E-state index contributed by atoms with van der Waals surface area (Å²) in [7, 11) is 0. The molecule has 1 aromatic carbocycles. The van der Waals surface area contributed by atoms with Gasteiger partial charge in [-0.3, -0.25) is 0 Å². The SMILES string of the molecule is CC(Cc1ccco1)Nc1c(Cl)cc(F)cc1Cl. The Morgan fingerprint density at radius 1 is 1.33 bits per heavy atom. The summed E-state index contributed by atoms with van der Waals surface area (Å²) < 4.78 is 18.3. The lowest BCUT2D eigenvalue weighted by Gasteiger charge is -2.16. The Kier molecular flexibility index (Phi) is 4.15. The van der Waals surface area contributed by atoms with Crippen molar-refractivity contribution in [3.8, 4) is 0 Å². The molecule has 2 aromatic rings. The summed E-state index contributed by atoms with van der Waals surface area (Å²) in [4.78, 5) is 0. The molecule has 0 radical (unpaired) electrons. The van der Waals surface area contributed by atoms with Gasteiger partial charge in [-0.1, -0.05) is 23.2 Å². The van der Waals surface area contributed by atoms with Crippen molar-refractivity contribution in [3.05, 3.63) is 52.2 Å². The van der Waals surface area contributed by atoms with Gasteiger partial charge in [0.05, 0.1) is 22.0 Å². The van der Waals surface area contributed by atoms with E-state index in [4.69, 9.17) is 27.6 Å². The van der Waals surface area contributed by atoms with E-state index in [0.717, 1.165) is 5.76 Å². The van der Waals surface area contributed by atoms with E-state index < -0.39 is 5.82 Å². The number of anilines is 1. The van der Waals surface area contributed by atoms with Crippen LogP contribution in [0.1, 0.15) is 12.7 Å². The van der Waals surface area contributed by atoms with Crippen molar-refractivity contribution >= 4 is 28.9 Å². The van der Waals surface area contributed by atoms with Crippen LogP contribution >= 0.6 is 23.2 Å². The molecule has 0 aliphatic carbocycles. The van der Waals surface area contributed by atoms with Gasteiger partial charge < -0.3 is 9.73 Å². The molecule has 18 heavy (non-hydrogen) atoms. The van der Waals surface area contributed by atoms with Gasteiger partial charge in [-0.2, -0.15) is 0 Å². The monoisotopic (exact) mass is 287 g/mol. The number of benzene rings is 1. The van der Waals surface area contributed by atoms with E-state index in [9.17, 15) is 4.39 Å². The molecule has 0 saturated carbocycles. The molecule has 1 unspecified atom stereocenters. The Morgan fingerprint density at radius 3 is 2.56 bits per heavy atom. The van der Waals surface area contributed by atoms with Crippen LogP contribution < -0.4 is 5.32 Å². The summed E-state index contributed by atoms with van der Waals surface area (Å²) in [5, 5.41) is 3.69. The van der Waals surface area contributed by atoms with E-state index in [1.54, 1.807) is 6.26 Å². The fourth-order valence-electron chi connectivity index (χ4n) is 1.71. The predicted molar refractivity (Wildman–Crippen MR) is 71.9 cm³/mol. The van der Waals surface area contributed by atoms with Crippen molar-refractivity contribution in [3.63, 3.8) is 0 Å². The van der Waals surface area contributed by atoms with Crippen LogP contribution in [-0.4, -0.2) is 6.04 Å². The number of hydrogen-bond donors (Lipinski definition) is 1. The van der Waals surface area contributed by atoms with Crippen molar-refractivity contribution in [2.45, 2.75) is 19.4 Å². The van der Waals surface area contributed by atoms with Crippen LogP contribution in [0.5, 0.6) is 0 Å². The zero-order chi connectivity index (χ0) is 13.1. The smallest absolute Gasteiger partial charge is 0.126 e. The molecule has 0 aliphatic heterocycles. The largest absolute Gasteiger partial charge is 0.469 e. The molecular formula is C13H12Cl2FNO. The number of rotatable bonds is 4. The van der Waals surface area contributed by atoms with E-state index in [2.05, 4.69) is 5.32 Å². The maximum absolute atomic E-state index is 13.0. The minimum absolute atomic E-state index is 0.0663. The molecule has 96 valence electrons. The highest BCUT2D eigenvalue weighted by Crippen LogP contribution is 2.32. The Morgan fingerprint density at radius 2 is 2.00 bits per heavy atom. The average Bonchev–Trinajstić information content (AvgIpc) is 2.76. The molecule has 0 amide bonds. The summed E-state index contributed by atoms with van der Waals surface area (Å²) in [6.07, 6.45) is 2.32. The van der Waals surface area contributed by atoms with Crippen molar-refractivity contribution in [1.29, 1.82) is 0 Å². The summed E-state index contributed by atoms with van der Waals surface area (Å²) in [5.74, 6) is 0.415. The van der Waals surface area contributed by atoms with Crippen LogP contribution in [0.3, 0.4) is 0 Å². The Labute approximate surface area is 115 Å². The highest BCUT2D eigenvalue weighted by atomic mass is 35.5. The second kappa shape index (κ2) is 5.63. The third-order valence-electron chi connectivity index (χ3n) is 2.49. The van der Waals surface area contributed by atoms with E-state index in [1.807, 2.05) is 19.1 Å². The van der Waals surface area contributed by atoms with E-state index in [1.165, 1.54) is 12.1 Å².